The van der Waals surface area contributed by atoms with Crippen molar-refractivity contribution in [3.63, 3.8) is 0 Å². The highest BCUT2D eigenvalue weighted by Crippen LogP contribution is 2.57. The van der Waals surface area contributed by atoms with Gasteiger partial charge in [-0.05, 0) is 67.3 Å². The first-order valence-corrected chi connectivity index (χ1v) is 11.9. The topological polar surface area (TPSA) is 72.9 Å². The first-order valence-electron chi connectivity index (χ1n) is 11.9. The molecule has 0 saturated carbocycles. The van der Waals surface area contributed by atoms with Gasteiger partial charge in [-0.2, -0.15) is 0 Å². The number of aromatic hydroxyl groups is 1. The van der Waals surface area contributed by atoms with E-state index in [1.807, 2.05) is 49.4 Å². The van der Waals surface area contributed by atoms with Crippen molar-refractivity contribution in [2.75, 3.05) is 18.0 Å². The van der Waals surface area contributed by atoms with Crippen LogP contribution >= 0.6 is 0 Å². The molecule has 6 nitrogen and oxygen atoms in total. The number of hydrogen-bond acceptors (Lipinski definition) is 3. The van der Waals surface area contributed by atoms with Crippen LogP contribution in [0.15, 0.2) is 78.9 Å². The van der Waals surface area contributed by atoms with Crippen molar-refractivity contribution in [1.82, 2.24) is 10.2 Å². The molecule has 1 unspecified atom stereocenters. The number of rotatable bonds is 4. The van der Waals surface area contributed by atoms with Crippen LogP contribution in [0, 0.1) is 11.2 Å². The summed E-state index contributed by atoms with van der Waals surface area (Å²) in [6.07, 6.45) is 1.06. The monoisotopic (exact) mass is 473 g/mol. The molecule has 3 aromatic carbocycles. The lowest BCUT2D eigenvalue weighted by molar-refractivity contribution is -0.144. The Morgan fingerprint density at radius 3 is 2.26 bits per heavy atom. The Bertz CT molecular complexity index is 1210. The van der Waals surface area contributed by atoms with E-state index in [9.17, 15) is 19.1 Å². The van der Waals surface area contributed by atoms with Crippen LogP contribution in [-0.2, 0) is 4.79 Å². The van der Waals surface area contributed by atoms with Gasteiger partial charge in [-0.3, -0.25) is 4.79 Å². The van der Waals surface area contributed by atoms with Gasteiger partial charge in [0, 0.05) is 18.8 Å². The van der Waals surface area contributed by atoms with Crippen molar-refractivity contribution in [3.8, 4) is 5.75 Å². The van der Waals surface area contributed by atoms with E-state index in [1.165, 1.54) is 12.1 Å². The van der Waals surface area contributed by atoms with Crippen LogP contribution in [0.2, 0.25) is 0 Å². The minimum atomic E-state index is -0.646. The number of carbonyl (C=O) groups excluding carboxylic acids is 2. The lowest BCUT2D eigenvalue weighted by Crippen LogP contribution is -2.67. The van der Waals surface area contributed by atoms with E-state index in [1.54, 1.807) is 34.1 Å². The van der Waals surface area contributed by atoms with Gasteiger partial charge in [-0.1, -0.05) is 42.5 Å². The second kappa shape index (κ2) is 9.06. The van der Waals surface area contributed by atoms with Crippen molar-refractivity contribution < 1.29 is 19.1 Å². The van der Waals surface area contributed by atoms with Gasteiger partial charge in [0.25, 0.3) is 0 Å². The Morgan fingerprint density at radius 1 is 1.00 bits per heavy atom. The third kappa shape index (κ3) is 4.11. The molecular formula is C28H28FN3O3. The second-order valence-corrected chi connectivity index (χ2v) is 9.37. The van der Waals surface area contributed by atoms with Gasteiger partial charge in [0.05, 0.1) is 17.5 Å². The standard InChI is InChI=1S/C28H28FN3O3/c1-19(20-5-3-2-4-6-20)30-27(35)31-17-15-28(16-18-31)25(21-7-13-24(33)14-8-21)32(26(28)34)23-11-9-22(29)10-12-23/h2-14,19,25,33H,15-18H2,1H3,(H,30,35)/t19-,25?/m0/s1. The Labute approximate surface area is 204 Å². The van der Waals surface area contributed by atoms with Gasteiger partial charge >= 0.3 is 6.03 Å². The molecule has 35 heavy (non-hydrogen) atoms. The van der Waals surface area contributed by atoms with E-state index in [2.05, 4.69) is 5.32 Å². The quantitative estimate of drug-likeness (QED) is 0.514. The SMILES string of the molecule is C[C@H](NC(=O)N1CCC2(CC1)C(=O)N(c1ccc(F)cc1)C2c1ccc(O)cc1)c1ccccc1. The van der Waals surface area contributed by atoms with Crippen molar-refractivity contribution in [2.24, 2.45) is 5.41 Å². The first-order chi connectivity index (χ1) is 16.9. The smallest absolute Gasteiger partial charge is 0.317 e. The summed E-state index contributed by atoms with van der Waals surface area (Å²) in [7, 11) is 0. The number of halogens is 1. The van der Waals surface area contributed by atoms with Gasteiger partial charge in [0.15, 0.2) is 0 Å². The summed E-state index contributed by atoms with van der Waals surface area (Å²) in [5, 5.41) is 12.8. The molecule has 2 heterocycles. The molecule has 7 heteroatoms. The Kier molecular flexibility index (Phi) is 5.93. The lowest BCUT2D eigenvalue weighted by atomic mass is 9.62. The molecule has 2 aliphatic heterocycles. The number of phenols is 1. The van der Waals surface area contributed by atoms with Gasteiger partial charge in [0.1, 0.15) is 11.6 Å². The van der Waals surface area contributed by atoms with Gasteiger partial charge < -0.3 is 20.2 Å². The summed E-state index contributed by atoms with van der Waals surface area (Å²) in [5.41, 5.74) is 1.93. The van der Waals surface area contributed by atoms with Crippen molar-refractivity contribution in [2.45, 2.75) is 31.8 Å². The fraction of sp³-hybridized carbons (Fsp3) is 0.286. The molecule has 0 aliphatic carbocycles. The minimum Gasteiger partial charge on any atom is -0.508 e. The van der Waals surface area contributed by atoms with Gasteiger partial charge in [-0.25, -0.2) is 9.18 Å². The molecule has 3 amide bonds. The van der Waals surface area contributed by atoms with E-state index in [0.29, 0.717) is 31.6 Å². The highest BCUT2D eigenvalue weighted by Gasteiger charge is 2.62. The summed E-state index contributed by atoms with van der Waals surface area (Å²) < 4.78 is 13.5. The van der Waals surface area contributed by atoms with Crippen molar-refractivity contribution >= 4 is 17.6 Å². The fourth-order valence-electron chi connectivity index (χ4n) is 5.35. The normalized spacial score (nSPS) is 19.8. The predicted octanol–water partition coefficient (Wildman–Crippen LogP) is 5.17. The molecule has 0 aromatic heterocycles. The zero-order valence-corrected chi connectivity index (χ0v) is 19.5. The molecule has 180 valence electrons. The molecule has 5 rings (SSSR count). The molecule has 1 spiro atoms. The van der Waals surface area contributed by atoms with Crippen LogP contribution in [0.25, 0.3) is 0 Å². The number of benzene rings is 3. The highest BCUT2D eigenvalue weighted by atomic mass is 19.1. The van der Waals surface area contributed by atoms with Crippen molar-refractivity contribution in [3.05, 3.63) is 95.8 Å². The average molecular weight is 474 g/mol. The zero-order chi connectivity index (χ0) is 24.6. The third-order valence-electron chi connectivity index (χ3n) is 7.32. The average Bonchev–Trinajstić information content (AvgIpc) is 2.89. The predicted molar refractivity (Wildman–Crippen MR) is 131 cm³/mol. The maximum Gasteiger partial charge on any atom is 0.317 e. The fourth-order valence-corrected chi connectivity index (χ4v) is 5.35. The molecule has 3 aromatic rings. The molecule has 2 fully saturated rings. The molecular weight excluding hydrogens is 445 g/mol. The molecule has 2 saturated heterocycles. The second-order valence-electron chi connectivity index (χ2n) is 9.37. The van der Waals surface area contributed by atoms with Crippen LogP contribution in [-0.4, -0.2) is 35.0 Å². The van der Waals surface area contributed by atoms with E-state index >= 15 is 0 Å². The van der Waals surface area contributed by atoms with Crippen LogP contribution < -0.4 is 10.2 Å². The largest absolute Gasteiger partial charge is 0.508 e. The number of anilines is 1. The number of likely N-dealkylation sites (tertiary alicyclic amines) is 1. The van der Waals surface area contributed by atoms with E-state index in [4.69, 9.17) is 0 Å². The molecule has 2 aliphatic rings. The molecule has 2 N–H and O–H groups in total. The zero-order valence-electron chi connectivity index (χ0n) is 19.5. The summed E-state index contributed by atoms with van der Waals surface area (Å²) in [5.74, 6) is -0.220. The number of amides is 3. The van der Waals surface area contributed by atoms with Gasteiger partial charge in [-0.15, -0.1) is 0 Å². The first kappa shape index (κ1) is 22.9. The summed E-state index contributed by atoms with van der Waals surface area (Å²) >= 11 is 0. The molecule has 2 atom stereocenters. The number of phenolic OH excluding ortho intramolecular Hbond substituents is 1. The third-order valence-corrected chi connectivity index (χ3v) is 7.32. The number of carbonyl (C=O) groups is 2. The molecule has 0 bridgehead atoms. The number of nitrogens with zero attached hydrogens (tertiary/aromatic N) is 2. The van der Waals surface area contributed by atoms with Crippen molar-refractivity contribution in [1.29, 1.82) is 0 Å². The Hall–Kier alpha value is -3.87. The van der Waals surface area contributed by atoms with E-state index in [-0.39, 0.29) is 35.6 Å². The summed E-state index contributed by atoms with van der Waals surface area (Å²) in [6.45, 7) is 2.88. The Morgan fingerprint density at radius 2 is 1.63 bits per heavy atom. The molecule has 0 radical (unpaired) electrons. The number of urea groups is 1. The highest BCUT2D eigenvalue weighted by molar-refractivity contribution is 6.06. The number of hydrogen-bond donors (Lipinski definition) is 2. The summed E-state index contributed by atoms with van der Waals surface area (Å²) in [6, 6.07) is 22.1. The number of piperidine rings is 1. The van der Waals surface area contributed by atoms with Crippen LogP contribution in [0.5, 0.6) is 5.75 Å². The number of β-lactam (4-membered cyclic amide) rings is 1. The summed E-state index contributed by atoms with van der Waals surface area (Å²) in [4.78, 5) is 30.0. The number of nitrogens with one attached hydrogen (secondary N) is 1. The van der Waals surface area contributed by atoms with Crippen LogP contribution in [0.3, 0.4) is 0 Å². The van der Waals surface area contributed by atoms with E-state index < -0.39 is 5.41 Å². The Balaban J connectivity index is 1.34. The maximum absolute atomic E-state index is 13.6. The van der Waals surface area contributed by atoms with Crippen LogP contribution in [0.1, 0.15) is 43.0 Å². The maximum atomic E-state index is 13.6. The van der Waals surface area contributed by atoms with Gasteiger partial charge in [0.2, 0.25) is 5.91 Å². The lowest BCUT2D eigenvalue weighted by Gasteiger charge is -2.59. The van der Waals surface area contributed by atoms with Crippen LogP contribution in [0.4, 0.5) is 14.9 Å². The van der Waals surface area contributed by atoms with E-state index in [0.717, 1.165) is 11.1 Å². The minimum absolute atomic E-state index is 0.0140.